The third-order valence-electron chi connectivity index (χ3n) is 2.07. The molecule has 0 atom stereocenters. The molecule has 1 rings (SSSR count). The van der Waals surface area contributed by atoms with E-state index in [1.165, 1.54) is 5.57 Å². The fourth-order valence-corrected chi connectivity index (χ4v) is 1.45. The van der Waals surface area contributed by atoms with Crippen LogP contribution in [0, 0.1) is 11.3 Å². The Hall–Kier alpha value is -1.10. The van der Waals surface area contributed by atoms with Gasteiger partial charge in [0.1, 0.15) is 0 Å². The van der Waals surface area contributed by atoms with Gasteiger partial charge in [-0.15, -0.1) is 0 Å². The Morgan fingerprint density at radius 3 is 3.00 bits per heavy atom. The molecule has 1 aliphatic rings. The molecule has 0 amide bonds. The van der Waals surface area contributed by atoms with Crippen molar-refractivity contribution in [3.63, 3.8) is 0 Å². The molecule has 64 valence electrons. The highest BCUT2D eigenvalue weighted by molar-refractivity contribution is 5.91. The van der Waals surface area contributed by atoms with Gasteiger partial charge in [-0.25, -0.2) is 0 Å². The van der Waals surface area contributed by atoms with E-state index in [0.717, 1.165) is 25.7 Å². The van der Waals surface area contributed by atoms with E-state index in [2.05, 4.69) is 6.07 Å². The number of carbonyl (C=O) groups excluding carboxylic acids is 1. The molecule has 2 nitrogen and oxygen atoms in total. The Labute approximate surface area is 72.9 Å². The van der Waals surface area contributed by atoms with Crippen LogP contribution in [0.25, 0.3) is 0 Å². The van der Waals surface area contributed by atoms with Crippen molar-refractivity contribution < 1.29 is 4.79 Å². The van der Waals surface area contributed by atoms with E-state index in [1.54, 1.807) is 6.08 Å². The van der Waals surface area contributed by atoms with Crippen LogP contribution in [0.15, 0.2) is 11.6 Å². The summed E-state index contributed by atoms with van der Waals surface area (Å²) in [6.07, 6.45) is 6.96. The molecule has 0 unspecified atom stereocenters. The Balaban J connectivity index is 2.32. The molecule has 0 fully saturated rings. The molecule has 0 saturated heterocycles. The van der Waals surface area contributed by atoms with Crippen molar-refractivity contribution in [3.05, 3.63) is 11.6 Å². The maximum Gasteiger partial charge on any atom is 0.155 e. The standard InChI is InChI=1S/C10H13NO/c11-7-2-1-4-9-5-3-6-10(12)8-9/h8H,1-6H2. The Kier molecular flexibility index (Phi) is 3.53. The summed E-state index contributed by atoms with van der Waals surface area (Å²) in [5.74, 6) is 0.258. The van der Waals surface area contributed by atoms with Crippen LogP contribution in [-0.4, -0.2) is 5.78 Å². The molecule has 0 heterocycles. The summed E-state index contributed by atoms with van der Waals surface area (Å²) >= 11 is 0. The van der Waals surface area contributed by atoms with Crippen LogP contribution >= 0.6 is 0 Å². The number of hydrogen-bond acceptors (Lipinski definition) is 2. The highest BCUT2D eigenvalue weighted by atomic mass is 16.1. The predicted octanol–water partition coefficient (Wildman–Crippen LogP) is 2.36. The number of rotatable bonds is 3. The first-order valence-corrected chi connectivity index (χ1v) is 4.42. The Morgan fingerprint density at radius 2 is 2.33 bits per heavy atom. The summed E-state index contributed by atoms with van der Waals surface area (Å²) in [5.41, 5.74) is 1.24. The first-order valence-electron chi connectivity index (χ1n) is 4.42. The van der Waals surface area contributed by atoms with Crippen LogP contribution in [0.3, 0.4) is 0 Å². The lowest BCUT2D eigenvalue weighted by Gasteiger charge is -2.10. The van der Waals surface area contributed by atoms with Gasteiger partial charge in [0.2, 0.25) is 0 Å². The van der Waals surface area contributed by atoms with E-state index in [1.807, 2.05) is 0 Å². The summed E-state index contributed by atoms with van der Waals surface area (Å²) in [6.45, 7) is 0. The third kappa shape index (κ3) is 2.87. The second kappa shape index (κ2) is 4.71. The molecular weight excluding hydrogens is 150 g/mol. The van der Waals surface area contributed by atoms with Gasteiger partial charge < -0.3 is 0 Å². The van der Waals surface area contributed by atoms with Gasteiger partial charge in [0.15, 0.2) is 5.78 Å². The van der Waals surface area contributed by atoms with E-state index in [4.69, 9.17) is 5.26 Å². The zero-order valence-corrected chi connectivity index (χ0v) is 7.18. The minimum Gasteiger partial charge on any atom is -0.295 e. The van der Waals surface area contributed by atoms with Crippen molar-refractivity contribution in [1.82, 2.24) is 0 Å². The van der Waals surface area contributed by atoms with E-state index in [0.29, 0.717) is 12.8 Å². The van der Waals surface area contributed by atoms with Crippen LogP contribution in [0.1, 0.15) is 38.5 Å². The number of nitriles is 1. The lowest BCUT2D eigenvalue weighted by Crippen LogP contribution is -2.02. The van der Waals surface area contributed by atoms with E-state index >= 15 is 0 Å². The molecule has 0 spiro atoms. The SMILES string of the molecule is N#CCCCC1=CC(=O)CCC1. The summed E-state index contributed by atoms with van der Waals surface area (Å²) in [6, 6.07) is 2.11. The molecule has 1 aliphatic carbocycles. The number of carbonyl (C=O) groups is 1. The number of hydrogen-bond donors (Lipinski definition) is 0. The lowest BCUT2D eigenvalue weighted by molar-refractivity contribution is -0.115. The van der Waals surface area contributed by atoms with Gasteiger partial charge in [-0.05, 0) is 31.8 Å². The second-order valence-corrected chi connectivity index (χ2v) is 3.13. The monoisotopic (exact) mass is 163 g/mol. The minimum absolute atomic E-state index is 0.258. The quantitative estimate of drug-likeness (QED) is 0.599. The maximum atomic E-state index is 11.0. The Bertz CT molecular complexity index is 235. The molecule has 12 heavy (non-hydrogen) atoms. The summed E-state index contributed by atoms with van der Waals surface area (Å²) in [7, 11) is 0. The highest BCUT2D eigenvalue weighted by Gasteiger charge is 2.08. The topological polar surface area (TPSA) is 40.9 Å². The Morgan fingerprint density at radius 1 is 1.50 bits per heavy atom. The van der Waals surface area contributed by atoms with Crippen LogP contribution in [0.4, 0.5) is 0 Å². The first-order chi connectivity index (χ1) is 5.83. The van der Waals surface area contributed by atoms with Crippen molar-refractivity contribution in [1.29, 1.82) is 5.26 Å². The second-order valence-electron chi connectivity index (χ2n) is 3.13. The van der Waals surface area contributed by atoms with Crippen molar-refractivity contribution in [2.75, 3.05) is 0 Å². The summed E-state index contributed by atoms with van der Waals surface area (Å²) in [5, 5.41) is 8.31. The number of ketones is 1. The van der Waals surface area contributed by atoms with Crippen molar-refractivity contribution in [3.8, 4) is 6.07 Å². The zero-order valence-electron chi connectivity index (χ0n) is 7.18. The normalized spacial score (nSPS) is 16.9. The van der Waals surface area contributed by atoms with Crippen LogP contribution in [0.2, 0.25) is 0 Å². The van der Waals surface area contributed by atoms with Gasteiger partial charge >= 0.3 is 0 Å². The molecule has 2 heteroatoms. The fourth-order valence-electron chi connectivity index (χ4n) is 1.45. The molecule has 0 aromatic heterocycles. The minimum atomic E-state index is 0.258. The van der Waals surface area contributed by atoms with E-state index in [9.17, 15) is 4.79 Å². The average Bonchev–Trinajstić information content (AvgIpc) is 2.05. The van der Waals surface area contributed by atoms with E-state index < -0.39 is 0 Å². The summed E-state index contributed by atoms with van der Waals surface area (Å²) < 4.78 is 0. The largest absolute Gasteiger partial charge is 0.295 e. The molecule has 0 radical (unpaired) electrons. The summed E-state index contributed by atoms with van der Waals surface area (Å²) in [4.78, 5) is 11.0. The first kappa shape index (κ1) is 8.99. The highest BCUT2D eigenvalue weighted by Crippen LogP contribution is 2.19. The lowest BCUT2D eigenvalue weighted by atomic mass is 9.95. The maximum absolute atomic E-state index is 11.0. The fraction of sp³-hybridized carbons (Fsp3) is 0.600. The van der Waals surface area contributed by atoms with Crippen molar-refractivity contribution in [2.24, 2.45) is 0 Å². The average molecular weight is 163 g/mol. The number of nitrogens with zero attached hydrogens (tertiary/aromatic N) is 1. The van der Waals surface area contributed by atoms with Crippen LogP contribution in [-0.2, 0) is 4.79 Å². The van der Waals surface area contributed by atoms with Crippen LogP contribution < -0.4 is 0 Å². The molecular formula is C10H13NO. The molecule has 0 aliphatic heterocycles. The van der Waals surface area contributed by atoms with Crippen molar-refractivity contribution in [2.45, 2.75) is 38.5 Å². The van der Waals surface area contributed by atoms with E-state index in [-0.39, 0.29) is 5.78 Å². The van der Waals surface area contributed by atoms with Crippen molar-refractivity contribution >= 4 is 5.78 Å². The van der Waals surface area contributed by atoms with Gasteiger partial charge in [-0.2, -0.15) is 5.26 Å². The smallest absolute Gasteiger partial charge is 0.155 e. The predicted molar refractivity (Wildman–Crippen MR) is 46.4 cm³/mol. The third-order valence-corrected chi connectivity index (χ3v) is 2.07. The zero-order chi connectivity index (χ0) is 8.81. The molecule has 0 saturated carbocycles. The van der Waals surface area contributed by atoms with Gasteiger partial charge in [0.25, 0.3) is 0 Å². The number of allylic oxidation sites excluding steroid dienone is 2. The molecule has 0 aromatic carbocycles. The number of unbranched alkanes of at least 4 members (excludes halogenated alkanes) is 1. The van der Waals surface area contributed by atoms with Gasteiger partial charge in [-0.3, -0.25) is 4.79 Å². The molecule has 0 N–H and O–H groups in total. The van der Waals surface area contributed by atoms with Gasteiger partial charge in [0, 0.05) is 12.8 Å². The van der Waals surface area contributed by atoms with Gasteiger partial charge in [0.05, 0.1) is 6.07 Å². The molecule has 0 bridgehead atoms. The molecule has 0 aromatic rings. The van der Waals surface area contributed by atoms with Gasteiger partial charge in [-0.1, -0.05) is 5.57 Å². The van der Waals surface area contributed by atoms with Crippen LogP contribution in [0.5, 0.6) is 0 Å².